The highest BCUT2D eigenvalue weighted by Crippen LogP contribution is 2.22. The second-order valence-corrected chi connectivity index (χ2v) is 5.52. The zero-order valence-corrected chi connectivity index (χ0v) is 13.0. The summed E-state index contributed by atoms with van der Waals surface area (Å²) < 4.78 is 13.2. The number of nitrogens with one attached hydrogen (secondary N) is 2. The van der Waals surface area contributed by atoms with Gasteiger partial charge in [0.2, 0.25) is 16.9 Å². The van der Waals surface area contributed by atoms with Crippen LogP contribution in [0.15, 0.2) is 23.4 Å². The second kappa shape index (κ2) is 7.68. The van der Waals surface area contributed by atoms with Gasteiger partial charge in [-0.05, 0) is 18.6 Å². The van der Waals surface area contributed by atoms with Crippen molar-refractivity contribution < 1.29 is 14.1 Å². The summed E-state index contributed by atoms with van der Waals surface area (Å²) in [4.78, 5) is 25.8. The van der Waals surface area contributed by atoms with E-state index in [0.29, 0.717) is 5.16 Å². The van der Waals surface area contributed by atoms with Crippen molar-refractivity contribution in [2.75, 3.05) is 11.1 Å². The third-order valence-electron chi connectivity index (χ3n) is 2.76. The fourth-order valence-electron chi connectivity index (χ4n) is 1.75. The van der Waals surface area contributed by atoms with Gasteiger partial charge in [-0.1, -0.05) is 18.7 Å². The van der Waals surface area contributed by atoms with Crippen LogP contribution in [0, 0.1) is 15.9 Å². The van der Waals surface area contributed by atoms with Gasteiger partial charge in [-0.25, -0.2) is 4.98 Å². The molecule has 1 aromatic carbocycles. The van der Waals surface area contributed by atoms with E-state index < -0.39 is 22.3 Å². The number of rotatable bonds is 7. The summed E-state index contributed by atoms with van der Waals surface area (Å²) in [5, 5.41) is 20.3. The van der Waals surface area contributed by atoms with Gasteiger partial charge in [0, 0.05) is 18.2 Å². The van der Waals surface area contributed by atoms with Gasteiger partial charge in [0.1, 0.15) is 5.82 Å². The number of benzene rings is 1. The molecule has 0 aliphatic heterocycles. The first kappa shape index (κ1) is 16.9. The first-order valence-electron chi connectivity index (χ1n) is 6.77. The van der Waals surface area contributed by atoms with Gasteiger partial charge in [0.05, 0.1) is 10.7 Å². The fraction of sp³-hybridized carbons (Fsp3) is 0.308. The highest BCUT2D eigenvalue weighted by atomic mass is 32.2. The van der Waals surface area contributed by atoms with Crippen LogP contribution in [0.5, 0.6) is 0 Å². The molecule has 2 aromatic rings. The van der Waals surface area contributed by atoms with Crippen LogP contribution in [0.3, 0.4) is 0 Å². The molecule has 1 amide bonds. The standard InChI is InChI=1S/C13H14FN5O3S/c1-2-3-11-16-13(18-17-11)23-7-12(20)15-8-4-5-9(14)10(6-8)19(21)22/h4-6H,2-3,7H2,1H3,(H,15,20)(H,16,17,18). The molecule has 0 saturated carbocycles. The normalized spacial score (nSPS) is 10.5. The number of thioether (sulfide) groups is 1. The predicted molar refractivity (Wildman–Crippen MR) is 82.8 cm³/mol. The van der Waals surface area contributed by atoms with Crippen LogP contribution in [0.25, 0.3) is 0 Å². The molecule has 0 atom stereocenters. The molecule has 1 aromatic heterocycles. The van der Waals surface area contributed by atoms with E-state index in [2.05, 4.69) is 20.5 Å². The highest BCUT2D eigenvalue weighted by Gasteiger charge is 2.15. The number of hydrogen-bond donors (Lipinski definition) is 2. The smallest absolute Gasteiger partial charge is 0.306 e. The summed E-state index contributed by atoms with van der Waals surface area (Å²) in [7, 11) is 0. The van der Waals surface area contributed by atoms with Crippen molar-refractivity contribution in [2.45, 2.75) is 24.9 Å². The van der Waals surface area contributed by atoms with E-state index in [1.807, 2.05) is 6.92 Å². The summed E-state index contributed by atoms with van der Waals surface area (Å²) >= 11 is 1.13. The first-order chi connectivity index (χ1) is 11.0. The third kappa shape index (κ3) is 4.74. The monoisotopic (exact) mass is 339 g/mol. The lowest BCUT2D eigenvalue weighted by Crippen LogP contribution is -2.14. The number of aromatic nitrogens is 3. The Morgan fingerprint density at radius 3 is 3.00 bits per heavy atom. The van der Waals surface area contributed by atoms with E-state index in [1.165, 1.54) is 6.07 Å². The molecule has 0 saturated heterocycles. The van der Waals surface area contributed by atoms with Gasteiger partial charge >= 0.3 is 5.69 Å². The number of carbonyl (C=O) groups excluding carboxylic acids is 1. The maximum Gasteiger partial charge on any atom is 0.306 e. The highest BCUT2D eigenvalue weighted by molar-refractivity contribution is 7.99. The zero-order valence-electron chi connectivity index (χ0n) is 12.2. The molecule has 0 radical (unpaired) electrons. The summed E-state index contributed by atoms with van der Waals surface area (Å²) in [6.45, 7) is 2.02. The summed E-state index contributed by atoms with van der Waals surface area (Å²) in [5.74, 6) is -0.553. The van der Waals surface area contributed by atoms with Crippen LogP contribution in [0.1, 0.15) is 19.2 Å². The Morgan fingerprint density at radius 2 is 2.30 bits per heavy atom. The summed E-state index contributed by atoms with van der Waals surface area (Å²) in [5.41, 5.74) is -0.529. The average Bonchev–Trinajstić information content (AvgIpc) is 2.95. The van der Waals surface area contributed by atoms with Gasteiger partial charge in [0.15, 0.2) is 0 Å². The lowest BCUT2D eigenvalue weighted by Gasteiger charge is -2.04. The molecule has 2 N–H and O–H groups in total. The van der Waals surface area contributed by atoms with Crippen LogP contribution in [0.4, 0.5) is 15.8 Å². The Bertz CT molecular complexity index is 721. The van der Waals surface area contributed by atoms with Crippen molar-refractivity contribution in [2.24, 2.45) is 0 Å². The van der Waals surface area contributed by atoms with Gasteiger partial charge in [-0.15, -0.1) is 5.10 Å². The van der Waals surface area contributed by atoms with Gasteiger partial charge in [0.25, 0.3) is 0 Å². The summed E-state index contributed by atoms with van der Waals surface area (Å²) in [6, 6.07) is 3.17. The number of hydrogen-bond acceptors (Lipinski definition) is 6. The van der Waals surface area contributed by atoms with Gasteiger partial charge in [-0.3, -0.25) is 20.0 Å². The topological polar surface area (TPSA) is 114 Å². The quantitative estimate of drug-likeness (QED) is 0.455. The Kier molecular flexibility index (Phi) is 5.63. The molecule has 10 heteroatoms. The number of amides is 1. The Hall–Kier alpha value is -2.49. The third-order valence-corrected chi connectivity index (χ3v) is 3.60. The number of halogens is 1. The number of aromatic amines is 1. The first-order valence-corrected chi connectivity index (χ1v) is 7.76. The molecule has 0 aliphatic carbocycles. The lowest BCUT2D eigenvalue weighted by molar-refractivity contribution is -0.387. The van der Waals surface area contributed by atoms with Crippen molar-refractivity contribution >= 4 is 29.0 Å². The maximum atomic E-state index is 13.2. The largest absolute Gasteiger partial charge is 0.325 e. The van der Waals surface area contributed by atoms with E-state index in [9.17, 15) is 19.3 Å². The number of nitro groups is 1. The number of nitro benzene ring substituents is 1. The maximum absolute atomic E-state index is 13.2. The molecule has 0 bridgehead atoms. The number of anilines is 1. The Labute approximate surface area is 135 Å². The van der Waals surface area contributed by atoms with Crippen molar-refractivity contribution in [1.82, 2.24) is 15.2 Å². The molecule has 0 unspecified atom stereocenters. The predicted octanol–water partition coefficient (Wildman–Crippen LogP) is 2.54. The molecule has 0 spiro atoms. The summed E-state index contributed by atoms with van der Waals surface area (Å²) in [6.07, 6.45) is 1.71. The van der Waals surface area contributed by atoms with E-state index in [4.69, 9.17) is 0 Å². The molecular weight excluding hydrogens is 325 g/mol. The second-order valence-electron chi connectivity index (χ2n) is 4.57. The molecule has 0 aliphatic rings. The molecule has 0 fully saturated rings. The minimum Gasteiger partial charge on any atom is -0.325 e. The van der Waals surface area contributed by atoms with E-state index in [0.717, 1.165) is 42.6 Å². The van der Waals surface area contributed by atoms with Crippen LogP contribution < -0.4 is 5.32 Å². The van der Waals surface area contributed by atoms with Crippen LogP contribution >= 0.6 is 11.8 Å². The Morgan fingerprint density at radius 1 is 1.52 bits per heavy atom. The molecule has 122 valence electrons. The van der Waals surface area contributed by atoms with Crippen molar-refractivity contribution in [3.8, 4) is 0 Å². The molecule has 2 rings (SSSR count). The number of carbonyl (C=O) groups is 1. The van der Waals surface area contributed by atoms with E-state index in [1.54, 1.807) is 0 Å². The minimum absolute atomic E-state index is 0.0363. The average molecular weight is 339 g/mol. The van der Waals surface area contributed by atoms with Crippen LogP contribution in [0.2, 0.25) is 0 Å². The van der Waals surface area contributed by atoms with E-state index in [-0.39, 0.29) is 11.4 Å². The van der Waals surface area contributed by atoms with E-state index >= 15 is 0 Å². The molecule has 8 nitrogen and oxygen atoms in total. The van der Waals surface area contributed by atoms with Crippen molar-refractivity contribution in [3.63, 3.8) is 0 Å². The Balaban J connectivity index is 1.91. The van der Waals surface area contributed by atoms with Crippen LogP contribution in [-0.4, -0.2) is 31.8 Å². The number of nitrogens with zero attached hydrogens (tertiary/aromatic N) is 3. The number of H-pyrrole nitrogens is 1. The number of aryl methyl sites for hydroxylation is 1. The van der Waals surface area contributed by atoms with Crippen molar-refractivity contribution in [1.29, 1.82) is 0 Å². The van der Waals surface area contributed by atoms with Gasteiger partial charge in [-0.2, -0.15) is 4.39 Å². The zero-order chi connectivity index (χ0) is 16.8. The van der Waals surface area contributed by atoms with Crippen molar-refractivity contribution in [3.05, 3.63) is 40.0 Å². The molecule has 1 heterocycles. The lowest BCUT2D eigenvalue weighted by atomic mass is 10.2. The van der Waals surface area contributed by atoms with Crippen LogP contribution in [-0.2, 0) is 11.2 Å². The van der Waals surface area contributed by atoms with Gasteiger partial charge < -0.3 is 5.32 Å². The fourth-order valence-corrected chi connectivity index (χ4v) is 2.37. The minimum atomic E-state index is -0.952. The molecular formula is C13H14FN5O3S. The SMILES string of the molecule is CCCc1nc(SCC(=O)Nc2ccc(F)c([N+](=O)[O-])c2)n[nH]1. The molecule has 23 heavy (non-hydrogen) atoms.